The molecular weight excluding hydrogens is 520 g/mol. The first-order valence-electron chi connectivity index (χ1n) is 13.8. The van der Waals surface area contributed by atoms with Crippen molar-refractivity contribution in [1.29, 1.82) is 5.26 Å². The number of aliphatic imine (C=N–C) groups is 1. The van der Waals surface area contributed by atoms with Crippen molar-refractivity contribution in [2.75, 3.05) is 5.32 Å². The average Bonchev–Trinajstić information content (AvgIpc) is 3.74. The minimum Gasteiger partial charge on any atom is -0.336 e. The minimum atomic E-state index is -0.276. The third kappa shape index (κ3) is 4.69. The number of anilines is 1. The van der Waals surface area contributed by atoms with Crippen molar-refractivity contribution in [2.45, 2.75) is 6.42 Å². The van der Waals surface area contributed by atoms with Gasteiger partial charge in [-0.2, -0.15) is 5.26 Å². The number of hydrogen-bond acceptors (Lipinski definition) is 5. The van der Waals surface area contributed by atoms with Crippen LogP contribution in [0, 0.1) is 23.2 Å². The van der Waals surface area contributed by atoms with Crippen LogP contribution < -0.4 is 5.32 Å². The molecule has 202 valence electrons. The average molecular weight is 547 g/mol. The zero-order valence-electron chi connectivity index (χ0n) is 22.9. The van der Waals surface area contributed by atoms with Gasteiger partial charge in [0.25, 0.3) is 0 Å². The number of nitriles is 1. The number of fused-ring (bicyclic) bond motifs is 2. The van der Waals surface area contributed by atoms with E-state index in [0.717, 1.165) is 55.5 Å². The molecule has 0 saturated heterocycles. The van der Waals surface area contributed by atoms with Gasteiger partial charge in [-0.1, -0.05) is 60.7 Å². The van der Waals surface area contributed by atoms with E-state index in [2.05, 4.69) is 63.8 Å². The Morgan fingerprint density at radius 2 is 1.69 bits per heavy atom. The molecule has 42 heavy (non-hydrogen) atoms. The number of benzene rings is 3. The Kier molecular flexibility index (Phi) is 6.29. The predicted octanol–water partition coefficient (Wildman–Crippen LogP) is 7.06. The lowest BCUT2D eigenvalue weighted by Crippen LogP contribution is -2.15. The molecule has 7 rings (SSSR count). The monoisotopic (exact) mass is 546 g/mol. The van der Waals surface area contributed by atoms with Crippen LogP contribution in [0.25, 0.3) is 32.9 Å². The zero-order chi connectivity index (χ0) is 28.6. The van der Waals surface area contributed by atoms with E-state index in [1.54, 1.807) is 6.20 Å². The van der Waals surface area contributed by atoms with Gasteiger partial charge in [-0.05, 0) is 53.3 Å². The molecule has 0 unspecified atom stereocenters. The fourth-order valence-electron chi connectivity index (χ4n) is 5.43. The molecule has 1 amide bonds. The summed E-state index contributed by atoms with van der Waals surface area (Å²) in [5, 5.41) is 14.9. The van der Waals surface area contributed by atoms with E-state index >= 15 is 0 Å². The van der Waals surface area contributed by atoms with Crippen molar-refractivity contribution in [1.82, 2.24) is 14.5 Å². The highest BCUT2D eigenvalue weighted by Gasteiger charge is 2.43. The minimum absolute atomic E-state index is 0.168. The highest BCUT2D eigenvalue weighted by atomic mass is 16.2. The lowest BCUT2D eigenvalue weighted by atomic mass is 9.98. The fraction of sp³-hybridized carbons (Fsp3) is 0.114. The van der Waals surface area contributed by atoms with E-state index in [4.69, 9.17) is 10.3 Å². The van der Waals surface area contributed by atoms with Crippen LogP contribution in [0.1, 0.15) is 17.5 Å². The van der Waals surface area contributed by atoms with Crippen molar-refractivity contribution < 1.29 is 4.79 Å². The molecule has 0 aliphatic heterocycles. The maximum Gasteiger partial charge on any atom is 0.230 e. The number of carbonyl (C=O) groups excluding carboxylic acids is 1. The predicted molar refractivity (Wildman–Crippen MR) is 165 cm³/mol. The van der Waals surface area contributed by atoms with Crippen LogP contribution >= 0.6 is 0 Å². The molecule has 0 radical (unpaired) electrons. The first-order chi connectivity index (χ1) is 20.6. The number of aryl methyl sites for hydroxylation is 1. The summed E-state index contributed by atoms with van der Waals surface area (Å²) in [6, 6.07) is 32.6. The number of aromatic nitrogens is 3. The Morgan fingerprint density at radius 3 is 2.38 bits per heavy atom. The Labute approximate surface area is 242 Å². The van der Waals surface area contributed by atoms with Crippen LogP contribution in [0.5, 0.6) is 0 Å². The van der Waals surface area contributed by atoms with Crippen molar-refractivity contribution in [2.24, 2.45) is 23.9 Å². The number of rotatable bonds is 6. The summed E-state index contributed by atoms with van der Waals surface area (Å²) in [5.74, 6) is -0.207. The molecule has 1 aliphatic carbocycles. The van der Waals surface area contributed by atoms with E-state index < -0.39 is 0 Å². The highest BCUT2D eigenvalue weighted by Crippen LogP contribution is 2.39. The highest BCUT2D eigenvalue weighted by molar-refractivity contribution is 6.15. The Morgan fingerprint density at radius 1 is 0.952 bits per heavy atom. The molecule has 2 atom stereocenters. The standard InChI is InChI=1S/C35H26N6O/c1-41-15-13-28-27(12-14-37-34(28)41)24-16-25-19-32(40-35(42)29-17-26(29)20-36)38-21-30(25)31(18-24)39-33(22-8-4-2-5-9-22)23-10-6-3-7-11-23/h2-16,18-19,21,26,29H,17H2,1H3,(H,38,40,42)/t26-,29+/m0/s1. The second-order valence-electron chi connectivity index (χ2n) is 10.6. The van der Waals surface area contributed by atoms with E-state index in [1.807, 2.05) is 72.5 Å². The zero-order valence-corrected chi connectivity index (χ0v) is 22.9. The van der Waals surface area contributed by atoms with Crippen molar-refractivity contribution >= 4 is 44.9 Å². The maximum absolute atomic E-state index is 12.7. The Hall–Kier alpha value is -5.61. The van der Waals surface area contributed by atoms with Gasteiger partial charge in [-0.25, -0.2) is 15.0 Å². The van der Waals surface area contributed by atoms with Crippen molar-refractivity contribution in [3.8, 4) is 17.2 Å². The summed E-state index contributed by atoms with van der Waals surface area (Å²) >= 11 is 0. The maximum atomic E-state index is 12.7. The van der Waals surface area contributed by atoms with Crippen molar-refractivity contribution in [3.05, 3.63) is 121 Å². The van der Waals surface area contributed by atoms with Crippen LogP contribution in [0.15, 0.2) is 115 Å². The molecule has 0 bridgehead atoms. The molecule has 6 aromatic rings. The summed E-state index contributed by atoms with van der Waals surface area (Å²) < 4.78 is 2.01. The molecule has 7 nitrogen and oxygen atoms in total. The molecular formula is C35H26N6O. The number of carbonyl (C=O) groups is 1. The van der Waals surface area contributed by atoms with Gasteiger partial charge >= 0.3 is 0 Å². The topological polar surface area (TPSA) is 96.0 Å². The van der Waals surface area contributed by atoms with Gasteiger partial charge in [-0.3, -0.25) is 4.79 Å². The summed E-state index contributed by atoms with van der Waals surface area (Å²) in [6.07, 6.45) is 6.19. The van der Waals surface area contributed by atoms with Crippen LogP contribution in [0.4, 0.5) is 11.5 Å². The van der Waals surface area contributed by atoms with E-state index in [1.165, 1.54) is 0 Å². The number of nitrogens with zero attached hydrogens (tertiary/aromatic N) is 5. The molecule has 1 aliphatic rings. The summed E-state index contributed by atoms with van der Waals surface area (Å²) in [7, 11) is 1.98. The van der Waals surface area contributed by atoms with Gasteiger partial charge in [-0.15, -0.1) is 0 Å². The van der Waals surface area contributed by atoms with Crippen LogP contribution in [0.2, 0.25) is 0 Å². The van der Waals surface area contributed by atoms with Crippen LogP contribution in [-0.2, 0) is 11.8 Å². The summed E-state index contributed by atoms with van der Waals surface area (Å²) in [4.78, 5) is 27.1. The third-order valence-corrected chi connectivity index (χ3v) is 7.77. The van der Waals surface area contributed by atoms with E-state index in [-0.39, 0.29) is 17.7 Å². The number of amides is 1. The molecule has 3 aromatic heterocycles. The van der Waals surface area contributed by atoms with E-state index in [0.29, 0.717) is 12.2 Å². The first kappa shape index (κ1) is 25.4. The molecule has 1 N–H and O–H groups in total. The van der Waals surface area contributed by atoms with Crippen LogP contribution in [0.3, 0.4) is 0 Å². The first-order valence-corrected chi connectivity index (χ1v) is 13.8. The molecule has 3 heterocycles. The largest absolute Gasteiger partial charge is 0.336 e. The number of hydrogen-bond donors (Lipinski definition) is 1. The van der Waals surface area contributed by atoms with Gasteiger partial charge in [0.05, 0.1) is 29.3 Å². The second kappa shape index (κ2) is 10.4. The third-order valence-electron chi connectivity index (χ3n) is 7.77. The molecule has 7 heteroatoms. The Bertz CT molecular complexity index is 2000. The van der Waals surface area contributed by atoms with Gasteiger partial charge in [0.1, 0.15) is 11.5 Å². The van der Waals surface area contributed by atoms with Gasteiger partial charge < -0.3 is 9.88 Å². The Balaban J connectivity index is 1.42. The smallest absolute Gasteiger partial charge is 0.230 e. The fourth-order valence-corrected chi connectivity index (χ4v) is 5.43. The second-order valence-corrected chi connectivity index (χ2v) is 10.6. The summed E-state index contributed by atoms with van der Waals surface area (Å²) in [5.41, 5.74) is 6.54. The lowest BCUT2D eigenvalue weighted by molar-refractivity contribution is -0.117. The number of nitrogens with one attached hydrogen (secondary N) is 1. The van der Waals surface area contributed by atoms with Crippen molar-refractivity contribution in [3.63, 3.8) is 0 Å². The molecule has 0 spiro atoms. The van der Waals surface area contributed by atoms with Gasteiger partial charge in [0.2, 0.25) is 5.91 Å². The van der Waals surface area contributed by atoms with Gasteiger partial charge in [0, 0.05) is 47.5 Å². The van der Waals surface area contributed by atoms with Gasteiger partial charge in [0.15, 0.2) is 0 Å². The molecule has 1 saturated carbocycles. The molecule has 3 aromatic carbocycles. The van der Waals surface area contributed by atoms with E-state index in [9.17, 15) is 4.79 Å². The van der Waals surface area contributed by atoms with Crippen LogP contribution in [-0.4, -0.2) is 26.2 Å². The summed E-state index contributed by atoms with van der Waals surface area (Å²) in [6.45, 7) is 0. The number of pyridine rings is 2. The normalized spacial score (nSPS) is 15.7. The molecule has 1 fully saturated rings. The lowest BCUT2D eigenvalue weighted by Gasteiger charge is -2.13. The quantitative estimate of drug-likeness (QED) is 0.226. The SMILES string of the molecule is Cn1ccc2c(-c3cc(N=C(c4ccccc4)c4ccccc4)c4cnc(NC(=O)[C@@H]5C[C@H]5C#N)cc4c3)ccnc21.